The maximum atomic E-state index is 11.1. The molecule has 0 aliphatic rings. The van der Waals surface area contributed by atoms with Gasteiger partial charge in [-0.2, -0.15) is 0 Å². The average molecular weight is 181 g/mol. The molecule has 0 radical (unpaired) electrons. The lowest BCUT2D eigenvalue weighted by Gasteiger charge is -1.94. The molecule has 0 spiro atoms. The number of imidazole rings is 1. The van der Waals surface area contributed by atoms with Crippen molar-refractivity contribution in [1.82, 2.24) is 14.4 Å². The summed E-state index contributed by atoms with van der Waals surface area (Å²) in [5.41, 5.74) is 0.864. The summed E-state index contributed by atoms with van der Waals surface area (Å²) in [4.78, 5) is 7.94. The van der Waals surface area contributed by atoms with Crippen molar-refractivity contribution in [2.45, 2.75) is 5.16 Å². The minimum Gasteiger partial charge on any atom is -0.290 e. The summed E-state index contributed by atoms with van der Waals surface area (Å²) in [6, 6.07) is 0. The first-order valence-corrected chi connectivity index (χ1v) is 4.95. The Morgan fingerprint density at radius 2 is 2.33 bits per heavy atom. The number of hydrogen-bond donors (Lipinski definition) is 0. The van der Waals surface area contributed by atoms with Crippen LogP contribution < -0.4 is 0 Å². The Balaban J connectivity index is 2.79. The van der Waals surface area contributed by atoms with Gasteiger partial charge in [0.2, 0.25) is 5.16 Å². The molecule has 0 aliphatic carbocycles. The van der Waals surface area contributed by atoms with E-state index in [1.54, 1.807) is 35.4 Å². The van der Waals surface area contributed by atoms with Crippen molar-refractivity contribution in [2.75, 3.05) is 6.26 Å². The van der Waals surface area contributed by atoms with Crippen molar-refractivity contribution in [3.05, 3.63) is 24.8 Å². The minimum absolute atomic E-state index is 0.562. The first-order valence-electron chi connectivity index (χ1n) is 3.39. The molecule has 2 aromatic heterocycles. The Labute approximate surface area is 71.7 Å². The lowest BCUT2D eigenvalue weighted by molar-refractivity contribution is 0.679. The lowest BCUT2D eigenvalue weighted by atomic mass is 10.6. The fourth-order valence-electron chi connectivity index (χ4n) is 1.04. The van der Waals surface area contributed by atoms with Crippen LogP contribution in [0.4, 0.5) is 0 Å². The molecule has 2 aromatic rings. The molecule has 0 saturated heterocycles. The molecule has 4 nitrogen and oxygen atoms in total. The molecule has 0 fully saturated rings. The van der Waals surface area contributed by atoms with Gasteiger partial charge < -0.3 is 0 Å². The van der Waals surface area contributed by atoms with E-state index in [0.29, 0.717) is 5.16 Å². The van der Waals surface area contributed by atoms with Crippen LogP contribution in [0.3, 0.4) is 0 Å². The summed E-state index contributed by atoms with van der Waals surface area (Å²) in [5.74, 6) is 0. The van der Waals surface area contributed by atoms with Crippen LogP contribution in [0.25, 0.3) is 5.52 Å². The highest BCUT2D eigenvalue weighted by Gasteiger charge is 2.04. The van der Waals surface area contributed by atoms with Gasteiger partial charge in [-0.1, -0.05) is 0 Å². The molecule has 0 aromatic carbocycles. The van der Waals surface area contributed by atoms with E-state index < -0.39 is 10.8 Å². The molecule has 1 atom stereocenters. The van der Waals surface area contributed by atoms with Crippen LogP contribution in [-0.2, 0) is 10.8 Å². The number of hydrogen-bond acceptors (Lipinski definition) is 3. The molecule has 62 valence electrons. The molecule has 0 N–H and O–H groups in total. The largest absolute Gasteiger partial charge is 0.290 e. The number of nitrogens with zero attached hydrogens (tertiary/aromatic N) is 3. The third-order valence-electron chi connectivity index (χ3n) is 1.56. The van der Waals surface area contributed by atoms with Gasteiger partial charge in [-0.25, -0.2) is 4.98 Å². The monoisotopic (exact) mass is 181 g/mol. The van der Waals surface area contributed by atoms with E-state index in [0.717, 1.165) is 5.52 Å². The van der Waals surface area contributed by atoms with Gasteiger partial charge in [-0.15, -0.1) is 0 Å². The van der Waals surface area contributed by atoms with Gasteiger partial charge in [0.05, 0.1) is 28.7 Å². The Bertz CT molecular complexity index is 437. The Hall–Kier alpha value is -1.23. The van der Waals surface area contributed by atoms with Crippen molar-refractivity contribution >= 4 is 16.3 Å². The second-order valence-electron chi connectivity index (χ2n) is 2.37. The number of aromatic nitrogens is 3. The van der Waals surface area contributed by atoms with Crippen LogP contribution in [-0.4, -0.2) is 24.8 Å². The predicted octanol–water partition coefficient (Wildman–Crippen LogP) is 0.467. The van der Waals surface area contributed by atoms with Gasteiger partial charge in [-0.3, -0.25) is 13.6 Å². The van der Waals surface area contributed by atoms with Crippen LogP contribution in [0.1, 0.15) is 0 Å². The molecule has 12 heavy (non-hydrogen) atoms. The zero-order chi connectivity index (χ0) is 8.55. The SMILES string of the molecule is CS(=O)c1ncc2cnccn12. The molecule has 0 bridgehead atoms. The molecule has 2 rings (SSSR count). The summed E-state index contributed by atoms with van der Waals surface area (Å²) < 4.78 is 12.9. The standard InChI is InChI=1S/C7H7N3OS/c1-12(11)7-9-5-6-4-8-2-3-10(6)7/h2-5H,1H3. The van der Waals surface area contributed by atoms with Crippen molar-refractivity contribution in [3.8, 4) is 0 Å². The third kappa shape index (κ3) is 1.02. The zero-order valence-corrected chi connectivity index (χ0v) is 7.28. The highest BCUT2D eigenvalue weighted by Crippen LogP contribution is 2.06. The highest BCUT2D eigenvalue weighted by molar-refractivity contribution is 7.84. The fourth-order valence-corrected chi connectivity index (χ4v) is 1.68. The average Bonchev–Trinajstić information content (AvgIpc) is 2.47. The van der Waals surface area contributed by atoms with Crippen molar-refractivity contribution in [2.24, 2.45) is 0 Å². The highest BCUT2D eigenvalue weighted by atomic mass is 32.2. The van der Waals surface area contributed by atoms with E-state index >= 15 is 0 Å². The van der Waals surface area contributed by atoms with E-state index in [-0.39, 0.29) is 0 Å². The molecule has 0 saturated carbocycles. The summed E-state index contributed by atoms with van der Waals surface area (Å²) in [5, 5.41) is 0.562. The number of fused-ring (bicyclic) bond motifs is 1. The van der Waals surface area contributed by atoms with Crippen molar-refractivity contribution in [1.29, 1.82) is 0 Å². The van der Waals surface area contributed by atoms with E-state index in [2.05, 4.69) is 9.97 Å². The molecule has 0 amide bonds. The van der Waals surface area contributed by atoms with Crippen LogP contribution in [0.15, 0.2) is 29.9 Å². The zero-order valence-electron chi connectivity index (χ0n) is 6.47. The van der Waals surface area contributed by atoms with Crippen LogP contribution in [0, 0.1) is 0 Å². The molecule has 0 aliphatic heterocycles. The second kappa shape index (κ2) is 2.67. The summed E-state index contributed by atoms with van der Waals surface area (Å²) >= 11 is 0. The molecule has 2 heterocycles. The van der Waals surface area contributed by atoms with E-state index in [9.17, 15) is 4.21 Å². The van der Waals surface area contributed by atoms with Crippen molar-refractivity contribution in [3.63, 3.8) is 0 Å². The van der Waals surface area contributed by atoms with Gasteiger partial charge in [0, 0.05) is 18.6 Å². The maximum absolute atomic E-state index is 11.1. The smallest absolute Gasteiger partial charge is 0.203 e. The van der Waals surface area contributed by atoms with E-state index in [1.807, 2.05) is 0 Å². The molecule has 5 heteroatoms. The van der Waals surface area contributed by atoms with Gasteiger partial charge in [-0.05, 0) is 0 Å². The van der Waals surface area contributed by atoms with Crippen molar-refractivity contribution < 1.29 is 4.21 Å². The molecule has 1 unspecified atom stereocenters. The minimum atomic E-state index is -1.05. The summed E-state index contributed by atoms with van der Waals surface area (Å²) in [7, 11) is -1.05. The quantitative estimate of drug-likeness (QED) is 0.642. The Kier molecular flexibility index (Phi) is 1.65. The van der Waals surface area contributed by atoms with Gasteiger partial charge in [0.25, 0.3) is 0 Å². The van der Waals surface area contributed by atoms with Crippen LogP contribution in [0.2, 0.25) is 0 Å². The maximum Gasteiger partial charge on any atom is 0.203 e. The van der Waals surface area contributed by atoms with Gasteiger partial charge >= 0.3 is 0 Å². The van der Waals surface area contributed by atoms with E-state index in [1.165, 1.54) is 0 Å². The lowest BCUT2D eigenvalue weighted by Crippen LogP contribution is -1.95. The predicted molar refractivity (Wildman–Crippen MR) is 45.3 cm³/mol. The third-order valence-corrected chi connectivity index (χ3v) is 2.37. The Morgan fingerprint density at radius 1 is 1.50 bits per heavy atom. The van der Waals surface area contributed by atoms with Crippen LogP contribution in [0.5, 0.6) is 0 Å². The topological polar surface area (TPSA) is 47.3 Å². The fraction of sp³-hybridized carbons (Fsp3) is 0.143. The normalized spacial score (nSPS) is 13.4. The molecular weight excluding hydrogens is 174 g/mol. The first kappa shape index (κ1) is 7.42. The van der Waals surface area contributed by atoms with Gasteiger partial charge in [0.15, 0.2) is 0 Å². The summed E-state index contributed by atoms with van der Waals surface area (Å²) in [6.45, 7) is 0. The summed E-state index contributed by atoms with van der Waals surface area (Å²) in [6.07, 6.45) is 8.34. The Morgan fingerprint density at radius 3 is 3.08 bits per heavy atom. The van der Waals surface area contributed by atoms with Crippen LogP contribution >= 0.6 is 0 Å². The first-order chi connectivity index (χ1) is 5.79. The second-order valence-corrected chi connectivity index (χ2v) is 3.64. The number of rotatable bonds is 1. The van der Waals surface area contributed by atoms with Gasteiger partial charge in [0.1, 0.15) is 0 Å². The van der Waals surface area contributed by atoms with E-state index in [4.69, 9.17) is 0 Å². The molecular formula is C7H7N3OS.